The molecular weight excluding hydrogens is 339 g/mol. The summed E-state index contributed by atoms with van der Waals surface area (Å²) in [5, 5.41) is 14.3. The number of carbonyl (C=O) groups excluding carboxylic acids is 1. The molecule has 1 amide bonds. The average Bonchev–Trinajstić information content (AvgIpc) is 3.09. The molecule has 3 rings (SSSR count). The van der Waals surface area contributed by atoms with Crippen LogP contribution in [-0.4, -0.2) is 38.1 Å². The van der Waals surface area contributed by atoms with Gasteiger partial charge in [-0.15, -0.1) is 11.3 Å². The maximum Gasteiger partial charge on any atom is 0.283 e. The minimum atomic E-state index is -0.233. The Morgan fingerprint density at radius 3 is 2.64 bits per heavy atom. The number of hydrogen-bond donors (Lipinski definition) is 2. The zero-order chi connectivity index (χ0) is 17.8. The van der Waals surface area contributed by atoms with E-state index in [-0.39, 0.29) is 17.8 Å². The predicted molar refractivity (Wildman–Crippen MR) is 96.4 cm³/mol. The molecule has 1 aliphatic heterocycles. The number of thiophene rings is 1. The zero-order valence-electron chi connectivity index (χ0n) is 14.0. The fourth-order valence-electron chi connectivity index (χ4n) is 3.04. The van der Waals surface area contributed by atoms with E-state index in [2.05, 4.69) is 16.3 Å². The minimum Gasteiger partial charge on any atom is -0.360 e. The highest BCUT2D eigenvalue weighted by Gasteiger charge is 2.29. The zero-order valence-corrected chi connectivity index (χ0v) is 14.8. The number of halogens is 1. The number of nitrogens with zero attached hydrogens (tertiary/aromatic N) is 2. The number of nitrogens with one attached hydrogen (secondary N) is 2. The third-order valence-electron chi connectivity index (χ3n) is 4.63. The van der Waals surface area contributed by atoms with Gasteiger partial charge in [-0.1, -0.05) is 0 Å². The molecule has 0 unspecified atom stereocenters. The van der Waals surface area contributed by atoms with Gasteiger partial charge in [-0.3, -0.25) is 4.79 Å². The third-order valence-corrected chi connectivity index (χ3v) is 5.46. The number of hydrogen-bond acceptors (Lipinski definition) is 4. The summed E-state index contributed by atoms with van der Waals surface area (Å²) in [7, 11) is 0. The molecule has 2 N–H and O–H groups in total. The molecule has 0 aliphatic carbocycles. The van der Waals surface area contributed by atoms with Crippen molar-refractivity contribution >= 4 is 27.9 Å². The van der Waals surface area contributed by atoms with E-state index in [1.165, 1.54) is 28.4 Å². The molecule has 2 aromatic rings. The molecule has 2 heterocycles. The molecule has 0 bridgehead atoms. The summed E-state index contributed by atoms with van der Waals surface area (Å²) < 4.78 is 13.0. The van der Waals surface area contributed by atoms with E-state index in [1.807, 2.05) is 6.92 Å². The molecule has 1 aliphatic rings. The first kappa shape index (κ1) is 17.4. The normalized spacial score (nSPS) is 16.3. The summed E-state index contributed by atoms with van der Waals surface area (Å²) in [6.07, 6.45) is 0. The highest BCUT2D eigenvalue weighted by atomic mass is 32.1. The first-order chi connectivity index (χ1) is 12.1. The first-order valence-electron chi connectivity index (χ1n) is 8.22. The van der Waals surface area contributed by atoms with Gasteiger partial charge in [0.25, 0.3) is 5.91 Å². The van der Waals surface area contributed by atoms with Gasteiger partial charge in [-0.2, -0.15) is 5.26 Å². The molecule has 0 saturated carbocycles. The van der Waals surface area contributed by atoms with Gasteiger partial charge in [0.1, 0.15) is 16.9 Å². The summed E-state index contributed by atoms with van der Waals surface area (Å²) in [5.41, 5.74) is 1.51. The quantitative estimate of drug-likeness (QED) is 0.870. The summed E-state index contributed by atoms with van der Waals surface area (Å²) in [5.74, 6) is -0.298. The second kappa shape index (κ2) is 7.64. The number of piperazine rings is 1. The third kappa shape index (κ3) is 3.98. The lowest BCUT2D eigenvalue weighted by Gasteiger charge is -2.36. The Hall–Kier alpha value is -2.43. The van der Waals surface area contributed by atoms with Gasteiger partial charge < -0.3 is 15.1 Å². The van der Waals surface area contributed by atoms with Crippen molar-refractivity contribution in [2.75, 3.05) is 36.4 Å². The molecular formula is C18H20FN4OS+. The second-order valence-electron chi connectivity index (χ2n) is 6.11. The van der Waals surface area contributed by atoms with Crippen LogP contribution in [0.25, 0.3) is 0 Å². The smallest absolute Gasteiger partial charge is 0.283 e. The van der Waals surface area contributed by atoms with Crippen LogP contribution in [0.4, 0.5) is 15.1 Å². The first-order valence-corrected chi connectivity index (χ1v) is 9.10. The summed E-state index contributed by atoms with van der Waals surface area (Å²) >= 11 is 1.36. The Morgan fingerprint density at radius 1 is 1.32 bits per heavy atom. The van der Waals surface area contributed by atoms with Gasteiger partial charge in [0.15, 0.2) is 6.04 Å². The van der Waals surface area contributed by atoms with Gasteiger partial charge >= 0.3 is 0 Å². The highest BCUT2D eigenvalue weighted by molar-refractivity contribution is 7.14. The van der Waals surface area contributed by atoms with Gasteiger partial charge in [0, 0.05) is 5.69 Å². The molecule has 5 nitrogen and oxygen atoms in total. The molecule has 1 saturated heterocycles. The average molecular weight is 359 g/mol. The SMILES string of the molecule is C[C@H](C(=O)Nc1sccc1C#N)[NH+]1CCN(c2ccc(F)cc2)CC1. The van der Waals surface area contributed by atoms with Crippen molar-refractivity contribution in [3.8, 4) is 6.07 Å². The molecule has 1 aromatic heterocycles. The van der Waals surface area contributed by atoms with Crippen molar-refractivity contribution in [3.05, 3.63) is 47.1 Å². The summed E-state index contributed by atoms with van der Waals surface area (Å²) in [6.45, 7) is 5.23. The molecule has 25 heavy (non-hydrogen) atoms. The van der Waals surface area contributed by atoms with Crippen LogP contribution >= 0.6 is 11.3 Å². The molecule has 0 spiro atoms. The number of carbonyl (C=O) groups is 1. The van der Waals surface area contributed by atoms with Gasteiger partial charge in [0.2, 0.25) is 0 Å². The minimum absolute atomic E-state index is 0.0656. The van der Waals surface area contributed by atoms with E-state index in [0.717, 1.165) is 31.9 Å². The van der Waals surface area contributed by atoms with E-state index >= 15 is 0 Å². The largest absolute Gasteiger partial charge is 0.360 e. The lowest BCUT2D eigenvalue weighted by Crippen LogP contribution is -3.19. The van der Waals surface area contributed by atoms with Crippen molar-refractivity contribution < 1.29 is 14.1 Å². The lowest BCUT2D eigenvalue weighted by molar-refractivity contribution is -0.914. The van der Waals surface area contributed by atoms with Crippen LogP contribution in [0, 0.1) is 17.1 Å². The van der Waals surface area contributed by atoms with E-state index in [9.17, 15) is 9.18 Å². The van der Waals surface area contributed by atoms with Crippen LogP contribution < -0.4 is 15.1 Å². The second-order valence-corrected chi connectivity index (χ2v) is 7.02. The fraction of sp³-hybridized carbons (Fsp3) is 0.333. The van der Waals surface area contributed by atoms with Gasteiger partial charge in [0.05, 0.1) is 31.7 Å². The van der Waals surface area contributed by atoms with Crippen LogP contribution in [0.2, 0.25) is 0 Å². The van der Waals surface area contributed by atoms with Gasteiger partial charge in [-0.25, -0.2) is 4.39 Å². The molecule has 7 heteroatoms. The van der Waals surface area contributed by atoms with Crippen molar-refractivity contribution in [3.63, 3.8) is 0 Å². The van der Waals surface area contributed by atoms with E-state index in [1.54, 1.807) is 23.6 Å². The highest BCUT2D eigenvalue weighted by Crippen LogP contribution is 2.22. The standard InChI is InChI=1S/C18H19FN4OS/c1-13(17(24)21-18-14(12-20)6-11-25-18)22-7-9-23(10-8-22)16-4-2-15(19)3-5-16/h2-6,11,13H,7-10H2,1H3,(H,21,24)/p+1/t13-/m1/s1. The molecule has 1 fully saturated rings. The molecule has 130 valence electrons. The van der Waals surface area contributed by atoms with Crippen molar-refractivity contribution in [2.45, 2.75) is 13.0 Å². The van der Waals surface area contributed by atoms with Crippen LogP contribution in [-0.2, 0) is 4.79 Å². The number of benzene rings is 1. The Balaban J connectivity index is 1.56. The topological polar surface area (TPSA) is 60.6 Å². The predicted octanol–water partition coefficient (Wildman–Crippen LogP) is 1.49. The molecule has 0 radical (unpaired) electrons. The van der Waals surface area contributed by atoms with Crippen LogP contribution in [0.3, 0.4) is 0 Å². The van der Waals surface area contributed by atoms with E-state index in [4.69, 9.17) is 5.26 Å². The van der Waals surface area contributed by atoms with Crippen molar-refractivity contribution in [1.82, 2.24) is 0 Å². The Morgan fingerprint density at radius 2 is 2.00 bits per heavy atom. The van der Waals surface area contributed by atoms with Crippen molar-refractivity contribution in [2.24, 2.45) is 0 Å². The maximum atomic E-state index is 13.0. The lowest BCUT2D eigenvalue weighted by atomic mass is 10.2. The molecule has 1 atom stereocenters. The maximum absolute atomic E-state index is 13.0. The number of quaternary nitrogens is 1. The van der Waals surface area contributed by atoms with Gasteiger partial charge in [-0.05, 0) is 42.6 Å². The van der Waals surface area contributed by atoms with Crippen molar-refractivity contribution in [1.29, 1.82) is 5.26 Å². The number of anilines is 2. The number of rotatable bonds is 4. The monoisotopic (exact) mass is 359 g/mol. The molecule has 1 aromatic carbocycles. The van der Waals surface area contributed by atoms with E-state index < -0.39 is 0 Å². The van der Waals surface area contributed by atoms with Crippen LogP contribution in [0.1, 0.15) is 12.5 Å². The van der Waals surface area contributed by atoms with Crippen LogP contribution in [0.5, 0.6) is 0 Å². The number of amides is 1. The number of nitriles is 1. The van der Waals surface area contributed by atoms with Crippen LogP contribution in [0.15, 0.2) is 35.7 Å². The Kier molecular flexibility index (Phi) is 5.31. The fourth-order valence-corrected chi connectivity index (χ4v) is 3.78. The summed E-state index contributed by atoms with van der Waals surface area (Å²) in [4.78, 5) is 15.9. The Labute approximate surface area is 150 Å². The van der Waals surface area contributed by atoms with E-state index in [0.29, 0.717) is 10.6 Å². The Bertz CT molecular complexity index is 775. The summed E-state index contributed by atoms with van der Waals surface area (Å²) in [6, 6.07) is 10.1.